The summed E-state index contributed by atoms with van der Waals surface area (Å²) in [7, 11) is 0. The normalized spacial score (nSPS) is 10.9. The van der Waals surface area contributed by atoms with E-state index in [1.807, 2.05) is 0 Å². The topological polar surface area (TPSA) is 72.3 Å². The number of alkyl halides is 2. The lowest BCUT2D eigenvalue weighted by Crippen LogP contribution is -1.89. The van der Waals surface area contributed by atoms with E-state index in [-0.39, 0.29) is 22.8 Å². The minimum Gasteiger partial charge on any atom is -0.507 e. The molecule has 1 aromatic carbocycles. The Labute approximate surface area is 89.3 Å². The van der Waals surface area contributed by atoms with Gasteiger partial charge in [0.15, 0.2) is 0 Å². The van der Waals surface area contributed by atoms with Gasteiger partial charge in [-0.3, -0.25) is 0 Å². The first-order chi connectivity index (χ1) is 7.59. The van der Waals surface area contributed by atoms with Crippen molar-refractivity contribution in [1.82, 2.24) is 5.16 Å². The third kappa shape index (κ3) is 1.69. The summed E-state index contributed by atoms with van der Waals surface area (Å²) in [6, 6.07) is 3.49. The fourth-order valence-electron chi connectivity index (χ4n) is 1.36. The summed E-state index contributed by atoms with van der Waals surface area (Å²) < 4.78 is 29.5. The fourth-order valence-corrected chi connectivity index (χ4v) is 1.36. The summed E-state index contributed by atoms with van der Waals surface area (Å²) in [5.41, 5.74) is 5.71. The zero-order valence-corrected chi connectivity index (χ0v) is 8.02. The van der Waals surface area contributed by atoms with Crippen LogP contribution >= 0.6 is 0 Å². The van der Waals surface area contributed by atoms with E-state index in [4.69, 9.17) is 5.73 Å². The highest BCUT2D eigenvalue weighted by Crippen LogP contribution is 2.35. The highest BCUT2D eigenvalue weighted by atomic mass is 19.3. The Morgan fingerprint density at radius 2 is 2.06 bits per heavy atom. The highest BCUT2D eigenvalue weighted by molar-refractivity contribution is 5.77. The highest BCUT2D eigenvalue weighted by Gasteiger charge is 2.15. The average molecular weight is 226 g/mol. The second-order valence-corrected chi connectivity index (χ2v) is 3.18. The first kappa shape index (κ1) is 10.4. The Kier molecular flexibility index (Phi) is 2.47. The van der Waals surface area contributed by atoms with E-state index in [1.54, 1.807) is 0 Å². The number of rotatable bonds is 2. The summed E-state index contributed by atoms with van der Waals surface area (Å²) >= 11 is 0. The van der Waals surface area contributed by atoms with E-state index in [0.29, 0.717) is 5.56 Å². The zero-order chi connectivity index (χ0) is 11.7. The molecular weight excluding hydrogens is 218 g/mol. The van der Waals surface area contributed by atoms with Gasteiger partial charge in [0.25, 0.3) is 6.43 Å². The zero-order valence-electron chi connectivity index (χ0n) is 8.02. The van der Waals surface area contributed by atoms with Crippen LogP contribution in [0.1, 0.15) is 12.0 Å². The lowest BCUT2D eigenvalue weighted by Gasteiger charge is -2.05. The molecule has 0 aliphatic carbocycles. The third-order valence-electron chi connectivity index (χ3n) is 2.16. The van der Waals surface area contributed by atoms with Crippen molar-refractivity contribution in [2.75, 3.05) is 5.73 Å². The standard InChI is InChI=1S/C10H8F2N2O2/c11-9(12)5-1-2-8(15)6(3-5)7-4-14-16-10(7)13/h1-4,9,15H,13H2. The van der Waals surface area contributed by atoms with E-state index in [9.17, 15) is 13.9 Å². The van der Waals surface area contributed by atoms with Crippen molar-refractivity contribution in [2.45, 2.75) is 6.43 Å². The van der Waals surface area contributed by atoms with Gasteiger partial charge in [-0.2, -0.15) is 0 Å². The number of benzene rings is 1. The molecule has 1 aromatic heterocycles. The van der Waals surface area contributed by atoms with Gasteiger partial charge in [-0.05, 0) is 18.2 Å². The summed E-state index contributed by atoms with van der Waals surface area (Å²) in [5.74, 6) is -0.180. The van der Waals surface area contributed by atoms with Gasteiger partial charge in [0.05, 0.1) is 11.8 Å². The molecule has 0 aliphatic heterocycles. The maximum absolute atomic E-state index is 12.5. The van der Waals surface area contributed by atoms with Gasteiger partial charge < -0.3 is 15.4 Å². The molecule has 0 bridgehead atoms. The molecule has 0 atom stereocenters. The number of anilines is 1. The van der Waals surface area contributed by atoms with E-state index < -0.39 is 6.43 Å². The van der Waals surface area contributed by atoms with Crippen LogP contribution in [-0.2, 0) is 0 Å². The van der Waals surface area contributed by atoms with Crippen LogP contribution in [0.4, 0.5) is 14.7 Å². The molecule has 2 aromatic rings. The van der Waals surface area contributed by atoms with E-state index in [1.165, 1.54) is 12.3 Å². The molecule has 16 heavy (non-hydrogen) atoms. The maximum Gasteiger partial charge on any atom is 0.263 e. The number of nitrogen functional groups attached to an aromatic ring is 1. The Balaban J connectivity index is 2.56. The van der Waals surface area contributed by atoms with Gasteiger partial charge in [-0.25, -0.2) is 8.78 Å². The van der Waals surface area contributed by atoms with Crippen molar-refractivity contribution in [3.8, 4) is 16.9 Å². The number of phenolic OH excluding ortho intramolecular Hbond substituents is 1. The van der Waals surface area contributed by atoms with Gasteiger partial charge in [-0.15, -0.1) is 0 Å². The van der Waals surface area contributed by atoms with Crippen LogP contribution in [0.3, 0.4) is 0 Å². The predicted octanol–water partition coefficient (Wildman–Crippen LogP) is 2.57. The van der Waals surface area contributed by atoms with Gasteiger partial charge in [-0.1, -0.05) is 5.16 Å². The predicted molar refractivity (Wildman–Crippen MR) is 53.0 cm³/mol. The SMILES string of the molecule is Nc1oncc1-c1cc(C(F)F)ccc1O. The Morgan fingerprint density at radius 3 is 2.62 bits per heavy atom. The van der Waals surface area contributed by atoms with Crippen molar-refractivity contribution < 1.29 is 18.4 Å². The molecule has 3 N–H and O–H groups in total. The number of halogens is 2. The van der Waals surface area contributed by atoms with Crippen LogP contribution < -0.4 is 5.73 Å². The Morgan fingerprint density at radius 1 is 1.31 bits per heavy atom. The van der Waals surface area contributed by atoms with Crippen molar-refractivity contribution in [2.24, 2.45) is 0 Å². The molecule has 4 nitrogen and oxygen atoms in total. The first-order valence-corrected chi connectivity index (χ1v) is 4.41. The van der Waals surface area contributed by atoms with Crippen LogP contribution in [0.2, 0.25) is 0 Å². The van der Waals surface area contributed by atoms with Crippen LogP contribution in [0.15, 0.2) is 28.9 Å². The van der Waals surface area contributed by atoms with E-state index in [2.05, 4.69) is 9.68 Å². The molecule has 84 valence electrons. The molecule has 2 rings (SSSR count). The molecule has 0 aliphatic rings. The molecule has 6 heteroatoms. The molecule has 0 fully saturated rings. The van der Waals surface area contributed by atoms with Crippen molar-refractivity contribution in [3.63, 3.8) is 0 Å². The second-order valence-electron chi connectivity index (χ2n) is 3.18. The quantitative estimate of drug-likeness (QED) is 0.825. The number of phenols is 1. The van der Waals surface area contributed by atoms with Gasteiger partial charge in [0.1, 0.15) is 5.75 Å². The minimum absolute atomic E-state index is 0.0262. The number of aromatic nitrogens is 1. The number of aromatic hydroxyl groups is 1. The number of nitrogens with zero attached hydrogens (tertiary/aromatic N) is 1. The minimum atomic E-state index is -2.61. The number of hydrogen-bond donors (Lipinski definition) is 2. The molecule has 1 heterocycles. The third-order valence-corrected chi connectivity index (χ3v) is 2.16. The van der Waals surface area contributed by atoms with Crippen molar-refractivity contribution in [1.29, 1.82) is 0 Å². The van der Waals surface area contributed by atoms with Gasteiger partial charge in [0, 0.05) is 11.1 Å². The second kappa shape index (κ2) is 3.80. The number of hydrogen-bond acceptors (Lipinski definition) is 4. The summed E-state index contributed by atoms with van der Waals surface area (Å²) in [6.07, 6.45) is -1.35. The molecular formula is C10H8F2N2O2. The molecule has 0 spiro atoms. The summed E-state index contributed by atoms with van der Waals surface area (Å²) in [4.78, 5) is 0. The molecule has 0 amide bonds. The molecule has 0 saturated heterocycles. The Hall–Kier alpha value is -2.11. The molecule has 0 radical (unpaired) electrons. The van der Waals surface area contributed by atoms with E-state index in [0.717, 1.165) is 12.1 Å². The van der Waals surface area contributed by atoms with Gasteiger partial charge in [0.2, 0.25) is 5.88 Å². The van der Waals surface area contributed by atoms with Crippen LogP contribution in [0.5, 0.6) is 5.75 Å². The maximum atomic E-state index is 12.5. The average Bonchev–Trinajstić information content (AvgIpc) is 2.65. The smallest absolute Gasteiger partial charge is 0.263 e. The summed E-state index contributed by atoms with van der Waals surface area (Å²) in [5, 5.41) is 13.0. The van der Waals surface area contributed by atoms with Crippen molar-refractivity contribution in [3.05, 3.63) is 30.0 Å². The van der Waals surface area contributed by atoms with Crippen LogP contribution in [0, 0.1) is 0 Å². The summed E-state index contributed by atoms with van der Waals surface area (Å²) in [6.45, 7) is 0. The van der Waals surface area contributed by atoms with Gasteiger partial charge >= 0.3 is 0 Å². The number of nitrogens with two attached hydrogens (primary N) is 1. The lowest BCUT2D eigenvalue weighted by molar-refractivity contribution is 0.151. The lowest BCUT2D eigenvalue weighted by atomic mass is 10.0. The largest absolute Gasteiger partial charge is 0.507 e. The van der Waals surface area contributed by atoms with Crippen molar-refractivity contribution >= 4 is 5.88 Å². The monoisotopic (exact) mass is 226 g/mol. The van der Waals surface area contributed by atoms with Crippen LogP contribution in [-0.4, -0.2) is 10.3 Å². The Bertz CT molecular complexity index is 511. The van der Waals surface area contributed by atoms with E-state index >= 15 is 0 Å². The molecule has 0 unspecified atom stereocenters. The fraction of sp³-hybridized carbons (Fsp3) is 0.100. The van der Waals surface area contributed by atoms with Crippen LogP contribution in [0.25, 0.3) is 11.1 Å². The molecule has 0 saturated carbocycles. The first-order valence-electron chi connectivity index (χ1n) is 4.41.